The molecule has 0 saturated carbocycles. The molecule has 0 fully saturated rings. The minimum absolute atomic E-state index is 0.625. The zero-order valence-corrected chi connectivity index (χ0v) is 7.03. The van der Waals surface area contributed by atoms with Crippen molar-refractivity contribution in [1.29, 1.82) is 0 Å². The predicted octanol–water partition coefficient (Wildman–Crippen LogP) is 0.902. The molecule has 0 aliphatic rings. The molecule has 0 aromatic heterocycles. The summed E-state index contributed by atoms with van der Waals surface area (Å²) in [5.41, 5.74) is 5.26. The fraction of sp³-hybridized carbons (Fsp3) is 1.00. The zero-order valence-electron chi connectivity index (χ0n) is 5.28. The molecule has 0 aliphatic carbocycles. The van der Waals surface area contributed by atoms with Crippen LogP contribution >= 0.6 is 11.1 Å². The normalized spacial score (nSPS) is 18.0. The molecule has 0 heterocycles. The molecular weight excluding hydrogens is 142 g/mol. The highest BCUT2D eigenvalue weighted by Gasteiger charge is 2.22. The molecule has 0 rings (SSSR count). The molecule has 0 radical (unpaired) electrons. The number of hydrogen-bond acceptors (Lipinski definition) is 2. The van der Waals surface area contributed by atoms with Gasteiger partial charge in [-0.15, -0.1) is 11.1 Å². The Morgan fingerprint density at radius 3 is 2.38 bits per heavy atom. The van der Waals surface area contributed by atoms with Gasteiger partial charge in [0.05, 0.1) is 0 Å². The van der Waals surface area contributed by atoms with Crippen molar-refractivity contribution in [3.63, 3.8) is 0 Å². The predicted molar refractivity (Wildman–Crippen MR) is 38.3 cm³/mol. The molecule has 0 saturated heterocycles. The van der Waals surface area contributed by atoms with E-state index in [9.17, 15) is 0 Å². The Labute approximate surface area is 55.8 Å². The Morgan fingerprint density at radius 1 is 1.75 bits per heavy atom. The summed E-state index contributed by atoms with van der Waals surface area (Å²) in [6.07, 6.45) is 0. The van der Waals surface area contributed by atoms with Gasteiger partial charge in [0.2, 0.25) is 0 Å². The van der Waals surface area contributed by atoms with Crippen molar-refractivity contribution in [2.45, 2.75) is 12.6 Å². The SMILES string of the molecule is CO[Si](C)(Cl)CCN. The molecule has 0 aromatic rings. The summed E-state index contributed by atoms with van der Waals surface area (Å²) in [7, 11) is -0.196. The van der Waals surface area contributed by atoms with Gasteiger partial charge in [-0.05, 0) is 19.1 Å². The lowest BCUT2D eigenvalue weighted by Gasteiger charge is -2.14. The lowest BCUT2D eigenvalue weighted by Crippen LogP contribution is -2.28. The highest BCUT2D eigenvalue weighted by atomic mass is 35.6. The van der Waals surface area contributed by atoms with Gasteiger partial charge in [0.1, 0.15) is 0 Å². The van der Waals surface area contributed by atoms with Gasteiger partial charge in [0.15, 0.2) is 0 Å². The van der Waals surface area contributed by atoms with E-state index >= 15 is 0 Å². The van der Waals surface area contributed by atoms with Gasteiger partial charge in [-0.25, -0.2) is 0 Å². The van der Waals surface area contributed by atoms with Crippen molar-refractivity contribution >= 4 is 18.7 Å². The smallest absolute Gasteiger partial charge is 0.287 e. The van der Waals surface area contributed by atoms with E-state index in [2.05, 4.69) is 0 Å². The molecule has 4 heteroatoms. The molecule has 1 unspecified atom stereocenters. The Bertz CT molecular complexity index is 69.1. The van der Waals surface area contributed by atoms with Crippen LogP contribution in [0.1, 0.15) is 0 Å². The summed E-state index contributed by atoms with van der Waals surface area (Å²) < 4.78 is 5.00. The van der Waals surface area contributed by atoms with Crippen LogP contribution in [0.15, 0.2) is 0 Å². The second kappa shape index (κ2) is 3.45. The maximum absolute atomic E-state index is 5.86. The van der Waals surface area contributed by atoms with Crippen molar-refractivity contribution in [2.75, 3.05) is 13.7 Å². The van der Waals surface area contributed by atoms with Crippen LogP contribution in [0, 0.1) is 0 Å². The summed E-state index contributed by atoms with van der Waals surface area (Å²) in [6, 6.07) is 0.824. The van der Waals surface area contributed by atoms with Crippen LogP contribution in [0.4, 0.5) is 0 Å². The van der Waals surface area contributed by atoms with Crippen molar-refractivity contribution in [1.82, 2.24) is 0 Å². The molecule has 1 atom stereocenters. The average molecular weight is 154 g/mol. The van der Waals surface area contributed by atoms with E-state index < -0.39 is 7.63 Å². The van der Waals surface area contributed by atoms with E-state index in [1.807, 2.05) is 6.55 Å². The molecule has 0 aromatic carbocycles. The minimum atomic E-state index is -1.83. The first kappa shape index (κ1) is 8.43. The lowest BCUT2D eigenvalue weighted by molar-refractivity contribution is 0.416. The second-order valence-electron chi connectivity index (χ2n) is 1.84. The number of halogens is 1. The standard InChI is InChI=1S/C4H12ClNOSi/c1-7-8(2,5)4-3-6/h3-4,6H2,1-2H3. The Kier molecular flexibility index (Phi) is 3.64. The highest BCUT2D eigenvalue weighted by Crippen LogP contribution is 2.12. The molecular formula is C4H12ClNOSi. The Hall–Kier alpha value is 0.427. The number of nitrogens with two attached hydrogens (primary N) is 1. The first-order chi connectivity index (χ1) is 3.62. The largest absolute Gasteiger partial charge is 0.407 e. The monoisotopic (exact) mass is 153 g/mol. The summed E-state index contributed by atoms with van der Waals surface area (Å²) in [5.74, 6) is 0. The van der Waals surface area contributed by atoms with Crippen molar-refractivity contribution < 1.29 is 4.43 Å². The summed E-state index contributed by atoms with van der Waals surface area (Å²) >= 11 is 5.86. The molecule has 2 N–H and O–H groups in total. The van der Waals surface area contributed by atoms with Crippen molar-refractivity contribution in [3.05, 3.63) is 0 Å². The highest BCUT2D eigenvalue weighted by molar-refractivity contribution is 7.16. The maximum atomic E-state index is 5.86. The van der Waals surface area contributed by atoms with Crippen LogP contribution in [0.25, 0.3) is 0 Å². The number of hydrogen-bond donors (Lipinski definition) is 1. The molecule has 0 aliphatic heterocycles. The fourth-order valence-corrected chi connectivity index (χ4v) is 1.41. The van der Waals surface area contributed by atoms with E-state index in [4.69, 9.17) is 21.2 Å². The average Bonchev–Trinajstić information content (AvgIpc) is 1.67. The lowest BCUT2D eigenvalue weighted by atomic mass is 10.8. The zero-order chi connectivity index (χ0) is 6.62. The van der Waals surface area contributed by atoms with Gasteiger partial charge < -0.3 is 10.2 Å². The van der Waals surface area contributed by atoms with Crippen LogP contribution in [-0.2, 0) is 4.43 Å². The molecule has 8 heavy (non-hydrogen) atoms. The van der Waals surface area contributed by atoms with Crippen molar-refractivity contribution in [3.8, 4) is 0 Å². The molecule has 2 nitrogen and oxygen atoms in total. The van der Waals surface area contributed by atoms with Gasteiger partial charge in [0, 0.05) is 7.11 Å². The third-order valence-electron chi connectivity index (χ3n) is 1.02. The van der Waals surface area contributed by atoms with Gasteiger partial charge in [-0.3, -0.25) is 0 Å². The minimum Gasteiger partial charge on any atom is -0.407 e. The quantitative estimate of drug-likeness (QED) is 0.483. The Balaban J connectivity index is 3.37. The van der Waals surface area contributed by atoms with E-state index in [-0.39, 0.29) is 0 Å². The van der Waals surface area contributed by atoms with E-state index in [1.54, 1.807) is 7.11 Å². The van der Waals surface area contributed by atoms with E-state index in [0.717, 1.165) is 6.04 Å². The summed E-state index contributed by atoms with van der Waals surface area (Å²) in [6.45, 7) is 2.56. The topological polar surface area (TPSA) is 35.2 Å². The second-order valence-corrected chi connectivity index (χ2v) is 7.35. The number of rotatable bonds is 3. The third-order valence-corrected chi connectivity index (χ3v) is 4.08. The summed E-state index contributed by atoms with van der Waals surface area (Å²) in [4.78, 5) is 0. The first-order valence-electron chi connectivity index (χ1n) is 2.56. The van der Waals surface area contributed by atoms with Crippen molar-refractivity contribution in [2.24, 2.45) is 5.73 Å². The molecule has 0 spiro atoms. The summed E-state index contributed by atoms with van der Waals surface area (Å²) in [5, 5.41) is 0. The molecule has 50 valence electrons. The molecule has 0 bridgehead atoms. The van der Waals surface area contributed by atoms with Crippen LogP contribution < -0.4 is 5.73 Å². The molecule has 0 amide bonds. The van der Waals surface area contributed by atoms with Gasteiger partial charge in [-0.1, -0.05) is 0 Å². The van der Waals surface area contributed by atoms with E-state index in [0.29, 0.717) is 6.54 Å². The van der Waals surface area contributed by atoms with Gasteiger partial charge in [-0.2, -0.15) is 0 Å². The third kappa shape index (κ3) is 3.43. The van der Waals surface area contributed by atoms with Gasteiger partial charge in [0.25, 0.3) is 7.63 Å². The fourth-order valence-electron chi connectivity index (χ4n) is 0.360. The van der Waals surface area contributed by atoms with Crippen LogP contribution in [0.5, 0.6) is 0 Å². The van der Waals surface area contributed by atoms with Crippen LogP contribution in [0.3, 0.4) is 0 Å². The van der Waals surface area contributed by atoms with Crippen LogP contribution in [-0.4, -0.2) is 21.3 Å². The van der Waals surface area contributed by atoms with Crippen LogP contribution in [0.2, 0.25) is 12.6 Å². The maximum Gasteiger partial charge on any atom is 0.287 e. The van der Waals surface area contributed by atoms with Gasteiger partial charge >= 0.3 is 0 Å². The first-order valence-corrected chi connectivity index (χ1v) is 6.19. The Morgan fingerprint density at radius 2 is 2.25 bits per heavy atom. The van der Waals surface area contributed by atoms with E-state index in [1.165, 1.54) is 0 Å².